The Balaban J connectivity index is 2.01. The van der Waals surface area contributed by atoms with Gasteiger partial charge in [0.05, 0.1) is 12.0 Å². The zero-order valence-electron chi connectivity index (χ0n) is 9.58. The lowest BCUT2D eigenvalue weighted by Gasteiger charge is -2.33. The monoisotopic (exact) mass is 253 g/mol. The molecule has 0 aromatic carbocycles. The van der Waals surface area contributed by atoms with Crippen LogP contribution in [0, 0.1) is 0 Å². The van der Waals surface area contributed by atoms with Crippen LogP contribution in [0.5, 0.6) is 0 Å². The number of carbonyl (C=O) groups excluding carboxylic acids is 2. The van der Waals surface area contributed by atoms with Gasteiger partial charge < -0.3 is 14.6 Å². The van der Waals surface area contributed by atoms with Crippen LogP contribution in [-0.4, -0.2) is 46.2 Å². The van der Waals surface area contributed by atoms with Gasteiger partial charge in [0.1, 0.15) is 11.9 Å². The third-order valence-corrected chi connectivity index (χ3v) is 3.31. The maximum atomic E-state index is 11.6. The van der Waals surface area contributed by atoms with E-state index in [1.807, 2.05) is 0 Å². The minimum absolute atomic E-state index is 0.0627. The van der Waals surface area contributed by atoms with Crippen LogP contribution in [0.2, 0.25) is 0 Å². The number of cyclic esters (lactones) is 1. The van der Waals surface area contributed by atoms with Gasteiger partial charge in [0.15, 0.2) is 12.3 Å². The van der Waals surface area contributed by atoms with Gasteiger partial charge in [0.2, 0.25) is 5.91 Å². The average Bonchev–Trinajstić information content (AvgIpc) is 2.75. The van der Waals surface area contributed by atoms with Crippen molar-refractivity contribution < 1.29 is 29.0 Å². The Morgan fingerprint density at radius 2 is 2.06 bits per heavy atom. The first kappa shape index (κ1) is 11.1. The van der Waals surface area contributed by atoms with E-state index in [0.29, 0.717) is 6.42 Å². The number of fused-ring (bicyclic) bond motifs is 1. The first-order chi connectivity index (χ1) is 8.49. The molecular formula is C11H11NO6. The van der Waals surface area contributed by atoms with Crippen molar-refractivity contribution in [3.8, 4) is 0 Å². The van der Waals surface area contributed by atoms with Crippen LogP contribution >= 0.6 is 0 Å². The number of aliphatic carboxylic acids is 1. The quantitative estimate of drug-likeness (QED) is 0.389. The molecule has 96 valence electrons. The highest BCUT2D eigenvalue weighted by Gasteiger charge is 2.55. The van der Waals surface area contributed by atoms with E-state index in [-0.39, 0.29) is 29.8 Å². The number of rotatable bonds is 1. The summed E-state index contributed by atoms with van der Waals surface area (Å²) in [6.45, 7) is 1.72. The fraction of sp³-hybridized carbons (Fsp3) is 0.545. The molecule has 0 spiro atoms. The molecule has 7 nitrogen and oxygen atoms in total. The van der Waals surface area contributed by atoms with E-state index in [4.69, 9.17) is 9.47 Å². The Morgan fingerprint density at radius 1 is 1.33 bits per heavy atom. The topological polar surface area (TPSA) is 93.1 Å². The first-order valence-corrected chi connectivity index (χ1v) is 5.63. The molecule has 2 unspecified atom stereocenters. The van der Waals surface area contributed by atoms with Gasteiger partial charge in [0, 0.05) is 6.42 Å². The SMILES string of the molecule is CC1CC(=C2O[C@@H]3CC(=O)N3C2C(=O)O)C(=O)O1. The predicted octanol–water partition coefficient (Wildman–Crippen LogP) is -0.382. The Bertz CT molecular complexity index is 496. The lowest BCUT2D eigenvalue weighted by molar-refractivity contribution is -0.163. The molecule has 0 aliphatic carbocycles. The lowest BCUT2D eigenvalue weighted by Crippen LogP contribution is -2.54. The van der Waals surface area contributed by atoms with Crippen molar-refractivity contribution in [1.82, 2.24) is 4.90 Å². The number of ether oxygens (including phenoxy) is 2. The summed E-state index contributed by atoms with van der Waals surface area (Å²) in [5, 5.41) is 9.18. The Hall–Kier alpha value is -2.05. The number of β-lactam (4-membered cyclic amide) rings is 1. The Kier molecular flexibility index (Phi) is 2.13. The number of carbonyl (C=O) groups is 3. The summed E-state index contributed by atoms with van der Waals surface area (Å²) in [7, 11) is 0. The van der Waals surface area contributed by atoms with Crippen LogP contribution in [0.25, 0.3) is 0 Å². The first-order valence-electron chi connectivity index (χ1n) is 5.63. The second kappa shape index (κ2) is 3.47. The van der Waals surface area contributed by atoms with Gasteiger partial charge >= 0.3 is 11.9 Å². The second-order valence-corrected chi connectivity index (χ2v) is 4.58. The van der Waals surface area contributed by atoms with E-state index in [1.165, 1.54) is 0 Å². The molecule has 3 aliphatic heterocycles. The molecule has 0 saturated carbocycles. The highest BCUT2D eigenvalue weighted by atomic mass is 16.6. The van der Waals surface area contributed by atoms with Crippen LogP contribution in [0.15, 0.2) is 11.3 Å². The van der Waals surface area contributed by atoms with E-state index < -0.39 is 24.2 Å². The standard InChI is InChI=1S/C11H11NO6/c1-4-2-5(11(16)17-4)9-8(10(14)15)12-6(13)3-7(12)18-9/h4,7-8H,2-3H2,1H3,(H,14,15)/t4?,7-,8?/m1/s1. The lowest BCUT2D eigenvalue weighted by atomic mass is 10.0. The van der Waals surface area contributed by atoms with Gasteiger partial charge in [0.25, 0.3) is 0 Å². The highest BCUT2D eigenvalue weighted by molar-refractivity contribution is 5.96. The smallest absolute Gasteiger partial charge is 0.337 e. The van der Waals surface area contributed by atoms with E-state index in [2.05, 4.69) is 0 Å². The van der Waals surface area contributed by atoms with Gasteiger partial charge in [-0.25, -0.2) is 9.59 Å². The zero-order valence-corrected chi connectivity index (χ0v) is 9.58. The number of hydrogen-bond acceptors (Lipinski definition) is 5. The minimum Gasteiger partial charge on any atom is -0.479 e. The van der Waals surface area contributed by atoms with Gasteiger partial charge in [-0.15, -0.1) is 0 Å². The van der Waals surface area contributed by atoms with Crippen LogP contribution < -0.4 is 0 Å². The summed E-state index contributed by atoms with van der Waals surface area (Å²) in [6, 6.07) is -1.19. The van der Waals surface area contributed by atoms with Crippen molar-refractivity contribution in [2.75, 3.05) is 0 Å². The largest absolute Gasteiger partial charge is 0.479 e. The third kappa shape index (κ3) is 1.33. The predicted molar refractivity (Wildman–Crippen MR) is 55.0 cm³/mol. The fourth-order valence-corrected chi connectivity index (χ4v) is 2.48. The number of carboxylic acid groups (broad SMARTS) is 1. The molecule has 1 amide bonds. The van der Waals surface area contributed by atoms with Crippen LogP contribution in [0.1, 0.15) is 19.8 Å². The molecule has 18 heavy (non-hydrogen) atoms. The molecule has 3 aliphatic rings. The number of amides is 1. The number of carboxylic acids is 1. The molecule has 0 aromatic heterocycles. The van der Waals surface area contributed by atoms with Crippen molar-refractivity contribution in [2.45, 2.75) is 38.1 Å². The van der Waals surface area contributed by atoms with E-state index >= 15 is 0 Å². The molecule has 3 atom stereocenters. The normalized spacial score (nSPS) is 38.1. The molecule has 7 heteroatoms. The molecular weight excluding hydrogens is 242 g/mol. The van der Waals surface area contributed by atoms with Crippen LogP contribution in [0.3, 0.4) is 0 Å². The molecule has 3 heterocycles. The van der Waals surface area contributed by atoms with Crippen molar-refractivity contribution in [2.24, 2.45) is 0 Å². The summed E-state index contributed by atoms with van der Waals surface area (Å²) < 4.78 is 10.4. The third-order valence-electron chi connectivity index (χ3n) is 3.31. The average molecular weight is 253 g/mol. The molecule has 0 radical (unpaired) electrons. The summed E-state index contributed by atoms with van der Waals surface area (Å²) in [5.74, 6) is -1.96. The molecule has 3 saturated heterocycles. The fourth-order valence-electron chi connectivity index (χ4n) is 2.48. The van der Waals surface area contributed by atoms with Gasteiger partial charge in [-0.1, -0.05) is 0 Å². The molecule has 3 rings (SSSR count). The molecule has 0 bridgehead atoms. The molecule has 0 aromatic rings. The summed E-state index contributed by atoms with van der Waals surface area (Å²) in [6.07, 6.45) is -0.371. The van der Waals surface area contributed by atoms with Crippen molar-refractivity contribution in [3.63, 3.8) is 0 Å². The van der Waals surface area contributed by atoms with Gasteiger partial charge in [-0.3, -0.25) is 9.69 Å². The zero-order chi connectivity index (χ0) is 13.0. The molecule has 1 N–H and O–H groups in total. The van der Waals surface area contributed by atoms with Crippen molar-refractivity contribution >= 4 is 17.8 Å². The van der Waals surface area contributed by atoms with E-state index in [0.717, 1.165) is 4.90 Å². The summed E-state index contributed by atoms with van der Waals surface area (Å²) >= 11 is 0. The summed E-state index contributed by atoms with van der Waals surface area (Å²) in [5.41, 5.74) is 0.233. The Morgan fingerprint density at radius 3 is 2.56 bits per heavy atom. The minimum atomic E-state index is -1.19. The van der Waals surface area contributed by atoms with Gasteiger partial charge in [-0.05, 0) is 6.92 Å². The van der Waals surface area contributed by atoms with Crippen molar-refractivity contribution in [1.29, 1.82) is 0 Å². The molecule has 3 fully saturated rings. The number of nitrogens with zero attached hydrogens (tertiary/aromatic N) is 1. The summed E-state index contributed by atoms with van der Waals surface area (Å²) in [4.78, 5) is 35.4. The highest BCUT2D eigenvalue weighted by Crippen LogP contribution is 2.40. The second-order valence-electron chi connectivity index (χ2n) is 4.58. The Labute approximate surface area is 102 Å². The number of hydrogen-bond donors (Lipinski definition) is 1. The van der Waals surface area contributed by atoms with E-state index in [1.54, 1.807) is 6.92 Å². The van der Waals surface area contributed by atoms with Crippen LogP contribution in [-0.2, 0) is 23.9 Å². The van der Waals surface area contributed by atoms with Crippen molar-refractivity contribution in [3.05, 3.63) is 11.3 Å². The number of esters is 1. The van der Waals surface area contributed by atoms with Crippen LogP contribution in [0.4, 0.5) is 0 Å². The van der Waals surface area contributed by atoms with Gasteiger partial charge in [-0.2, -0.15) is 0 Å². The maximum Gasteiger partial charge on any atom is 0.337 e. The van der Waals surface area contributed by atoms with E-state index in [9.17, 15) is 19.5 Å². The maximum absolute atomic E-state index is 11.6.